The number of carbonyl (C=O) groups excluding carboxylic acids is 4. The lowest BCUT2D eigenvalue weighted by Crippen LogP contribution is -2.61. The summed E-state index contributed by atoms with van der Waals surface area (Å²) in [5.41, 5.74) is 17.5. The summed E-state index contributed by atoms with van der Waals surface area (Å²) in [6.07, 6.45) is -0.460. The highest BCUT2D eigenvalue weighted by atomic mass is 16.4. The summed E-state index contributed by atoms with van der Waals surface area (Å²) in [5, 5.41) is 30.2. The first-order chi connectivity index (χ1) is 21.5. The lowest BCUT2D eigenvalue weighted by molar-refractivity contribution is -0.142. The van der Waals surface area contributed by atoms with Gasteiger partial charge in [-0.05, 0) is 56.4 Å². The minimum atomic E-state index is -1.49. The second-order valence-electron chi connectivity index (χ2n) is 12.3. The third-order valence-electron chi connectivity index (χ3n) is 6.94. The van der Waals surface area contributed by atoms with Gasteiger partial charge in [-0.25, -0.2) is 4.79 Å². The van der Waals surface area contributed by atoms with Crippen molar-refractivity contribution in [3.8, 4) is 0 Å². The van der Waals surface area contributed by atoms with Gasteiger partial charge in [-0.15, -0.1) is 0 Å². The Labute approximate surface area is 270 Å². The topological polar surface area (TPSA) is 264 Å². The Balaban J connectivity index is 3.03. The Morgan fingerprint density at radius 3 is 1.74 bits per heavy atom. The molecule has 0 aliphatic heterocycles. The number of carbonyl (C=O) groups is 5. The monoisotopic (exact) mass is 648 g/mol. The fourth-order valence-electron chi connectivity index (χ4n) is 4.60. The molecule has 0 radical (unpaired) electrons. The first kappa shape index (κ1) is 39.8. The Morgan fingerprint density at radius 2 is 1.26 bits per heavy atom. The highest BCUT2D eigenvalue weighted by molar-refractivity contribution is 5.95. The lowest BCUT2D eigenvalue weighted by atomic mass is 10.00. The predicted molar refractivity (Wildman–Crippen MR) is 174 cm³/mol. The van der Waals surface area contributed by atoms with Gasteiger partial charge in [-0.2, -0.15) is 0 Å². The summed E-state index contributed by atoms with van der Waals surface area (Å²) in [6.45, 7) is 8.80. The number of guanidine groups is 1. The number of aliphatic carboxylic acids is 1. The molecule has 0 spiro atoms. The van der Waals surface area contributed by atoms with Crippen LogP contribution in [0.5, 0.6) is 0 Å². The van der Waals surface area contributed by atoms with Crippen molar-refractivity contribution in [1.29, 1.82) is 0 Å². The van der Waals surface area contributed by atoms with Gasteiger partial charge in [0.2, 0.25) is 23.6 Å². The van der Waals surface area contributed by atoms with E-state index in [0.717, 1.165) is 5.56 Å². The molecular weight excluding hydrogens is 596 g/mol. The van der Waals surface area contributed by atoms with E-state index < -0.39 is 65.9 Å². The van der Waals surface area contributed by atoms with E-state index in [4.69, 9.17) is 17.2 Å². The Kier molecular flexibility index (Phi) is 17.3. The highest BCUT2D eigenvalue weighted by Gasteiger charge is 2.34. The number of benzene rings is 1. The number of nitrogens with two attached hydrogens (primary N) is 3. The molecule has 0 fully saturated rings. The van der Waals surface area contributed by atoms with Gasteiger partial charge in [0.15, 0.2) is 5.96 Å². The number of carboxylic acid groups (broad SMARTS) is 1. The predicted octanol–water partition coefficient (Wildman–Crippen LogP) is -0.893. The molecule has 0 bridgehead atoms. The number of aliphatic hydroxyl groups is 1. The fraction of sp³-hybridized carbons (Fsp3) is 0.613. The molecule has 1 aromatic rings. The normalized spacial score (nSPS) is 15.1. The molecule has 0 saturated heterocycles. The Bertz CT molecular complexity index is 1170. The standard InChI is InChI=1S/C31H52N8O7/c1-17(2)14-23(27(42)36-22(30(45)46)12-9-13-35-31(33)34)38-29(44)25(19(5)40)39-28(43)24(15-18(3)4)37-26(41)21(32)16-20-10-7-6-8-11-20/h6-8,10-11,17-19,21-25,40H,9,12-16,32H2,1-5H3,(H,36,42)(H,37,41)(H,38,44)(H,39,43)(H,45,46)(H4,33,34,35)/t19-,21+,22+,23+,24+,25+/m1/s1. The van der Waals surface area contributed by atoms with Crippen LogP contribution in [0.2, 0.25) is 0 Å². The summed E-state index contributed by atoms with van der Waals surface area (Å²) < 4.78 is 0. The van der Waals surface area contributed by atoms with Crippen molar-refractivity contribution in [3.63, 3.8) is 0 Å². The molecule has 0 aliphatic rings. The summed E-state index contributed by atoms with van der Waals surface area (Å²) in [5.74, 6) is -4.41. The third kappa shape index (κ3) is 15.2. The maximum atomic E-state index is 13.4. The zero-order chi connectivity index (χ0) is 35.0. The van der Waals surface area contributed by atoms with Gasteiger partial charge in [0.05, 0.1) is 12.1 Å². The number of carboxylic acids is 1. The number of hydrogen-bond acceptors (Lipinski definition) is 8. The van der Waals surface area contributed by atoms with Crippen molar-refractivity contribution in [3.05, 3.63) is 35.9 Å². The van der Waals surface area contributed by atoms with Crippen LogP contribution in [0, 0.1) is 11.8 Å². The number of aliphatic hydroxyl groups excluding tert-OH is 1. The number of amides is 4. The molecule has 15 nitrogen and oxygen atoms in total. The lowest BCUT2D eigenvalue weighted by Gasteiger charge is -2.28. The van der Waals surface area contributed by atoms with E-state index in [9.17, 15) is 34.2 Å². The van der Waals surface area contributed by atoms with Gasteiger partial charge < -0.3 is 48.7 Å². The van der Waals surface area contributed by atoms with Crippen LogP contribution < -0.4 is 38.5 Å². The zero-order valence-electron chi connectivity index (χ0n) is 27.4. The van der Waals surface area contributed by atoms with Crippen LogP contribution in [-0.2, 0) is 30.4 Å². The quantitative estimate of drug-likeness (QED) is 0.0478. The average molecular weight is 649 g/mol. The van der Waals surface area contributed by atoms with Gasteiger partial charge in [-0.1, -0.05) is 58.0 Å². The number of rotatable bonds is 20. The molecule has 0 saturated carbocycles. The summed E-state index contributed by atoms with van der Waals surface area (Å²) in [4.78, 5) is 68.4. The van der Waals surface area contributed by atoms with Crippen molar-refractivity contribution < 1.29 is 34.2 Å². The summed E-state index contributed by atoms with van der Waals surface area (Å²) >= 11 is 0. The first-order valence-electron chi connectivity index (χ1n) is 15.5. The van der Waals surface area contributed by atoms with Crippen molar-refractivity contribution >= 4 is 35.6 Å². The van der Waals surface area contributed by atoms with Gasteiger partial charge in [-0.3, -0.25) is 24.2 Å². The van der Waals surface area contributed by atoms with Crippen LogP contribution in [0.3, 0.4) is 0 Å². The van der Waals surface area contributed by atoms with Gasteiger partial charge in [0.1, 0.15) is 24.2 Å². The molecule has 0 heterocycles. The van der Waals surface area contributed by atoms with Gasteiger partial charge in [0, 0.05) is 6.54 Å². The average Bonchev–Trinajstić information content (AvgIpc) is 2.95. The van der Waals surface area contributed by atoms with E-state index in [1.54, 1.807) is 0 Å². The zero-order valence-corrected chi connectivity index (χ0v) is 27.4. The Hall–Kier alpha value is -4.24. The molecule has 0 aromatic heterocycles. The van der Waals surface area contributed by atoms with Crippen molar-refractivity contribution in [2.24, 2.45) is 34.0 Å². The minimum absolute atomic E-state index is 0.0269. The van der Waals surface area contributed by atoms with Crippen molar-refractivity contribution in [2.75, 3.05) is 6.54 Å². The largest absolute Gasteiger partial charge is 0.480 e. The highest BCUT2D eigenvalue weighted by Crippen LogP contribution is 2.10. The number of aliphatic imine (C=N–C) groups is 1. The summed E-state index contributed by atoms with van der Waals surface area (Å²) in [7, 11) is 0. The molecule has 1 aromatic carbocycles. The van der Waals surface area contributed by atoms with Crippen LogP contribution >= 0.6 is 0 Å². The van der Waals surface area contributed by atoms with Crippen LogP contribution in [0.25, 0.3) is 0 Å². The van der Waals surface area contributed by atoms with E-state index in [1.165, 1.54) is 6.92 Å². The van der Waals surface area contributed by atoms with E-state index in [0.29, 0.717) is 0 Å². The molecule has 1 rings (SSSR count). The van der Waals surface area contributed by atoms with Crippen molar-refractivity contribution in [2.45, 2.75) is 103 Å². The molecule has 12 N–H and O–H groups in total. The van der Waals surface area contributed by atoms with E-state index >= 15 is 0 Å². The SMILES string of the molecule is CC(C)C[C@H](NC(=O)[C@@H](NC(=O)[C@H](CC(C)C)NC(=O)[C@@H](N)Cc1ccccc1)[C@@H](C)O)C(=O)N[C@@H](CCCN=C(N)N)C(=O)O. The van der Waals surface area contributed by atoms with E-state index in [-0.39, 0.29) is 56.4 Å². The molecule has 258 valence electrons. The molecule has 0 unspecified atom stereocenters. The van der Waals surface area contributed by atoms with Crippen LogP contribution in [0.4, 0.5) is 0 Å². The summed E-state index contributed by atoms with van der Waals surface area (Å²) in [6, 6.07) is 3.24. The minimum Gasteiger partial charge on any atom is -0.480 e. The number of nitrogens with one attached hydrogen (secondary N) is 4. The molecular formula is C31H52N8O7. The fourth-order valence-corrected chi connectivity index (χ4v) is 4.60. The van der Waals surface area contributed by atoms with E-state index in [1.807, 2.05) is 58.0 Å². The smallest absolute Gasteiger partial charge is 0.326 e. The van der Waals surface area contributed by atoms with Crippen LogP contribution in [-0.4, -0.2) is 88.6 Å². The maximum Gasteiger partial charge on any atom is 0.326 e. The van der Waals surface area contributed by atoms with E-state index in [2.05, 4.69) is 26.3 Å². The van der Waals surface area contributed by atoms with Gasteiger partial charge in [0.25, 0.3) is 0 Å². The molecule has 6 atom stereocenters. The Morgan fingerprint density at radius 1 is 0.761 bits per heavy atom. The van der Waals surface area contributed by atoms with Crippen molar-refractivity contribution in [1.82, 2.24) is 21.3 Å². The maximum absolute atomic E-state index is 13.4. The molecule has 4 amide bonds. The number of nitrogens with zero attached hydrogens (tertiary/aromatic N) is 1. The second kappa shape index (κ2) is 20.0. The van der Waals surface area contributed by atoms with Gasteiger partial charge >= 0.3 is 5.97 Å². The molecule has 15 heteroatoms. The van der Waals surface area contributed by atoms with Crippen LogP contribution in [0.15, 0.2) is 35.3 Å². The third-order valence-corrected chi connectivity index (χ3v) is 6.94. The van der Waals surface area contributed by atoms with Crippen LogP contribution in [0.1, 0.15) is 65.9 Å². The first-order valence-corrected chi connectivity index (χ1v) is 15.5. The molecule has 0 aliphatic carbocycles. The second-order valence-corrected chi connectivity index (χ2v) is 12.3. The molecule has 46 heavy (non-hydrogen) atoms. The number of hydrogen-bond donors (Lipinski definition) is 9.